The van der Waals surface area contributed by atoms with Crippen LogP contribution in [0.3, 0.4) is 0 Å². The summed E-state index contributed by atoms with van der Waals surface area (Å²) in [4.78, 5) is 11.9. The maximum Gasteiger partial charge on any atom is 0.367 e. The molecule has 0 aliphatic heterocycles. The molecule has 112 valence electrons. The van der Waals surface area contributed by atoms with Crippen LogP contribution in [-0.4, -0.2) is 25.5 Å². The minimum absolute atomic E-state index is 0.0235. The Balaban J connectivity index is 2.78. The fourth-order valence-electron chi connectivity index (χ4n) is 1.41. The third-order valence-corrected chi connectivity index (χ3v) is 4.55. The first kappa shape index (κ1) is 17.5. The topological polar surface area (TPSA) is 61.8 Å². The second kappa shape index (κ2) is 8.01. The number of ether oxygens (including phenoxy) is 1. The highest BCUT2D eigenvalue weighted by molar-refractivity contribution is 7.53. The molecule has 0 N–H and O–H groups in total. The predicted molar refractivity (Wildman–Crippen MR) is 77.6 cm³/mol. The highest BCUT2D eigenvalue weighted by Gasteiger charge is 2.27. The molecule has 5 nitrogen and oxygen atoms in total. The highest BCUT2D eigenvalue weighted by atomic mass is 35.5. The standard InChI is InChI=1S/C12H15Cl2O5P/c1-3-18-20(16,19-4-2)8-17-12(15)11-9(13)6-5-7-10(11)14/h5-7H,3-4,8H2,1-2H3. The van der Waals surface area contributed by atoms with E-state index in [0.717, 1.165) is 0 Å². The second-order valence-electron chi connectivity index (χ2n) is 3.60. The molecule has 0 spiro atoms. The Hall–Kier alpha value is -0.580. The molecule has 1 rings (SSSR count). The van der Waals surface area contributed by atoms with E-state index in [1.54, 1.807) is 19.9 Å². The fraction of sp³-hybridized carbons (Fsp3) is 0.417. The maximum atomic E-state index is 12.1. The summed E-state index contributed by atoms with van der Waals surface area (Å²) in [5, 5.41) is 0.315. The minimum Gasteiger partial charge on any atom is -0.449 e. The Morgan fingerprint density at radius 3 is 2.10 bits per heavy atom. The van der Waals surface area contributed by atoms with E-state index >= 15 is 0 Å². The smallest absolute Gasteiger partial charge is 0.367 e. The van der Waals surface area contributed by atoms with Gasteiger partial charge in [-0.3, -0.25) is 4.57 Å². The van der Waals surface area contributed by atoms with Crippen LogP contribution in [-0.2, 0) is 18.3 Å². The Bertz CT molecular complexity index is 490. The van der Waals surface area contributed by atoms with Gasteiger partial charge in [-0.15, -0.1) is 0 Å². The lowest BCUT2D eigenvalue weighted by Gasteiger charge is -2.17. The predicted octanol–water partition coefficient (Wildman–Crippen LogP) is 4.37. The highest BCUT2D eigenvalue weighted by Crippen LogP contribution is 2.48. The summed E-state index contributed by atoms with van der Waals surface area (Å²) in [7, 11) is -3.45. The van der Waals surface area contributed by atoms with Crippen molar-refractivity contribution in [2.24, 2.45) is 0 Å². The molecule has 0 saturated heterocycles. The van der Waals surface area contributed by atoms with E-state index in [4.69, 9.17) is 37.0 Å². The molecule has 20 heavy (non-hydrogen) atoms. The zero-order valence-corrected chi connectivity index (χ0v) is 13.5. The van der Waals surface area contributed by atoms with Gasteiger partial charge >= 0.3 is 13.6 Å². The van der Waals surface area contributed by atoms with Gasteiger partial charge in [-0.2, -0.15) is 0 Å². The van der Waals surface area contributed by atoms with Gasteiger partial charge in [0.05, 0.1) is 28.8 Å². The van der Waals surface area contributed by atoms with Crippen LogP contribution >= 0.6 is 30.8 Å². The van der Waals surface area contributed by atoms with Crippen LogP contribution in [0.5, 0.6) is 0 Å². The lowest BCUT2D eigenvalue weighted by atomic mass is 10.2. The molecule has 0 aliphatic rings. The summed E-state index contributed by atoms with van der Waals surface area (Å²) < 4.78 is 27.1. The molecule has 0 saturated carbocycles. The first-order valence-electron chi connectivity index (χ1n) is 5.92. The van der Waals surface area contributed by atoms with Crippen LogP contribution in [0.4, 0.5) is 0 Å². The second-order valence-corrected chi connectivity index (χ2v) is 6.41. The van der Waals surface area contributed by atoms with Gasteiger partial charge in [-0.25, -0.2) is 4.79 Å². The normalized spacial score (nSPS) is 11.4. The number of benzene rings is 1. The van der Waals surface area contributed by atoms with E-state index in [1.165, 1.54) is 12.1 Å². The maximum absolute atomic E-state index is 12.1. The molecule has 0 aromatic heterocycles. The number of halogens is 2. The van der Waals surface area contributed by atoms with Gasteiger partial charge in [0.1, 0.15) is 0 Å². The van der Waals surface area contributed by atoms with E-state index in [9.17, 15) is 9.36 Å². The quantitative estimate of drug-likeness (QED) is 0.544. The van der Waals surface area contributed by atoms with Gasteiger partial charge in [-0.05, 0) is 26.0 Å². The van der Waals surface area contributed by atoms with Crippen molar-refractivity contribution >= 4 is 36.8 Å². The van der Waals surface area contributed by atoms with Crippen LogP contribution in [0.25, 0.3) is 0 Å². The number of hydrogen-bond acceptors (Lipinski definition) is 5. The van der Waals surface area contributed by atoms with Crippen molar-refractivity contribution in [3.05, 3.63) is 33.8 Å². The molecule has 0 aliphatic carbocycles. The zero-order valence-electron chi connectivity index (χ0n) is 11.1. The van der Waals surface area contributed by atoms with E-state index in [2.05, 4.69) is 0 Å². The van der Waals surface area contributed by atoms with E-state index in [-0.39, 0.29) is 28.8 Å². The van der Waals surface area contributed by atoms with Crippen molar-refractivity contribution in [2.45, 2.75) is 13.8 Å². The number of carbonyl (C=O) groups is 1. The van der Waals surface area contributed by atoms with Crippen LogP contribution in [0.2, 0.25) is 10.0 Å². The van der Waals surface area contributed by atoms with Crippen LogP contribution < -0.4 is 0 Å². The number of rotatable bonds is 7. The molecule has 0 amide bonds. The molecule has 0 heterocycles. The first-order valence-corrected chi connectivity index (χ1v) is 8.41. The average Bonchev–Trinajstić information content (AvgIpc) is 2.37. The van der Waals surface area contributed by atoms with Gasteiger partial charge in [0.15, 0.2) is 6.35 Å². The van der Waals surface area contributed by atoms with E-state index < -0.39 is 19.9 Å². The van der Waals surface area contributed by atoms with Gasteiger partial charge in [0.2, 0.25) is 0 Å². The fourth-order valence-corrected chi connectivity index (χ4v) is 3.25. The largest absolute Gasteiger partial charge is 0.449 e. The average molecular weight is 341 g/mol. The first-order chi connectivity index (χ1) is 9.43. The lowest BCUT2D eigenvalue weighted by molar-refractivity contribution is 0.0533. The summed E-state index contributed by atoms with van der Waals surface area (Å²) >= 11 is 11.8. The van der Waals surface area contributed by atoms with Crippen molar-refractivity contribution in [2.75, 3.05) is 19.6 Å². The molecular formula is C12H15Cl2O5P. The third-order valence-electron chi connectivity index (χ3n) is 2.17. The zero-order chi connectivity index (χ0) is 15.2. The Kier molecular flexibility index (Phi) is 7.00. The molecule has 0 bridgehead atoms. The molecule has 1 aromatic rings. The van der Waals surface area contributed by atoms with Gasteiger partial charge < -0.3 is 13.8 Å². The SMILES string of the molecule is CCOP(=O)(COC(=O)c1c(Cl)cccc1Cl)OCC. The minimum atomic E-state index is -3.45. The number of esters is 1. The number of hydrogen-bond donors (Lipinski definition) is 0. The molecule has 0 radical (unpaired) electrons. The molecule has 0 fully saturated rings. The van der Waals surface area contributed by atoms with E-state index in [0.29, 0.717) is 0 Å². The van der Waals surface area contributed by atoms with Crippen LogP contribution in [0, 0.1) is 0 Å². The summed E-state index contributed by atoms with van der Waals surface area (Å²) in [5.74, 6) is -0.778. The number of carbonyl (C=O) groups excluding carboxylic acids is 1. The molecule has 0 atom stereocenters. The van der Waals surface area contributed by atoms with Crippen molar-refractivity contribution in [3.63, 3.8) is 0 Å². The van der Waals surface area contributed by atoms with Crippen molar-refractivity contribution < 1.29 is 23.1 Å². The van der Waals surface area contributed by atoms with Gasteiger partial charge in [-0.1, -0.05) is 29.3 Å². The van der Waals surface area contributed by atoms with Crippen molar-refractivity contribution in [1.82, 2.24) is 0 Å². The summed E-state index contributed by atoms with van der Waals surface area (Å²) in [6, 6.07) is 4.62. The molecular weight excluding hydrogens is 326 g/mol. The van der Waals surface area contributed by atoms with Gasteiger partial charge in [0.25, 0.3) is 0 Å². The summed E-state index contributed by atoms with van der Waals surface area (Å²) in [6.45, 7) is 3.69. The van der Waals surface area contributed by atoms with Crippen LogP contribution in [0.15, 0.2) is 18.2 Å². The van der Waals surface area contributed by atoms with Crippen molar-refractivity contribution in [3.8, 4) is 0 Å². The third kappa shape index (κ3) is 4.76. The molecule has 1 aromatic carbocycles. The Morgan fingerprint density at radius 2 is 1.65 bits per heavy atom. The van der Waals surface area contributed by atoms with Gasteiger partial charge in [0, 0.05) is 0 Å². The molecule has 8 heteroatoms. The lowest BCUT2D eigenvalue weighted by Crippen LogP contribution is -2.10. The summed E-state index contributed by atoms with van der Waals surface area (Å²) in [6.07, 6.45) is -0.491. The van der Waals surface area contributed by atoms with Crippen molar-refractivity contribution in [1.29, 1.82) is 0 Å². The van der Waals surface area contributed by atoms with Crippen LogP contribution in [0.1, 0.15) is 24.2 Å². The Labute approximate surface area is 127 Å². The molecule has 0 unspecified atom stereocenters. The monoisotopic (exact) mass is 340 g/mol. The summed E-state index contributed by atoms with van der Waals surface area (Å²) in [5.41, 5.74) is 0.0235. The Morgan fingerprint density at radius 1 is 1.15 bits per heavy atom. The van der Waals surface area contributed by atoms with E-state index in [1.807, 2.05) is 0 Å².